The van der Waals surface area contributed by atoms with E-state index in [0.717, 1.165) is 11.5 Å². The molecular formula is C16H25NO4. The van der Waals surface area contributed by atoms with E-state index in [0.29, 0.717) is 32.1 Å². The largest absolute Gasteiger partial charge is 0.494 e. The molecule has 1 atom stereocenters. The molecule has 0 aliphatic heterocycles. The second-order valence-electron chi connectivity index (χ2n) is 5.23. The lowest BCUT2D eigenvalue weighted by atomic mass is 10.0. The van der Waals surface area contributed by atoms with Crippen molar-refractivity contribution < 1.29 is 19.4 Å². The van der Waals surface area contributed by atoms with Crippen molar-refractivity contribution >= 4 is 5.97 Å². The molecule has 0 radical (unpaired) electrons. The van der Waals surface area contributed by atoms with Gasteiger partial charge in [-0.05, 0) is 43.5 Å². The molecule has 5 nitrogen and oxygen atoms in total. The van der Waals surface area contributed by atoms with Crippen LogP contribution in [0.5, 0.6) is 11.5 Å². The van der Waals surface area contributed by atoms with Gasteiger partial charge in [0.05, 0.1) is 6.61 Å². The Morgan fingerprint density at radius 3 is 2.24 bits per heavy atom. The first-order valence-corrected chi connectivity index (χ1v) is 7.34. The van der Waals surface area contributed by atoms with Crippen molar-refractivity contribution in [2.75, 3.05) is 19.8 Å². The van der Waals surface area contributed by atoms with E-state index in [9.17, 15) is 4.79 Å². The summed E-state index contributed by atoms with van der Waals surface area (Å²) in [7, 11) is 0. The predicted molar refractivity (Wildman–Crippen MR) is 82.0 cm³/mol. The van der Waals surface area contributed by atoms with E-state index in [-0.39, 0.29) is 0 Å². The lowest BCUT2D eigenvalue weighted by Gasteiger charge is -2.16. The van der Waals surface area contributed by atoms with Crippen molar-refractivity contribution in [1.29, 1.82) is 0 Å². The van der Waals surface area contributed by atoms with Crippen molar-refractivity contribution in [2.45, 2.75) is 33.2 Å². The summed E-state index contributed by atoms with van der Waals surface area (Å²) in [6, 6.07) is 6.87. The zero-order chi connectivity index (χ0) is 15.7. The molecule has 0 aromatic heterocycles. The maximum atomic E-state index is 11.1. The third-order valence-electron chi connectivity index (χ3n) is 2.90. The van der Waals surface area contributed by atoms with Gasteiger partial charge in [-0.3, -0.25) is 4.79 Å². The van der Waals surface area contributed by atoms with E-state index in [1.54, 1.807) is 0 Å². The van der Waals surface area contributed by atoms with Gasteiger partial charge in [0.2, 0.25) is 0 Å². The minimum absolute atomic E-state index is 0.339. The Morgan fingerprint density at radius 2 is 1.76 bits per heavy atom. The fraction of sp³-hybridized carbons (Fsp3) is 0.562. The average Bonchev–Trinajstić information content (AvgIpc) is 2.43. The lowest BCUT2D eigenvalue weighted by molar-refractivity contribution is -0.139. The molecule has 1 unspecified atom stereocenters. The van der Waals surface area contributed by atoms with Crippen molar-refractivity contribution in [1.82, 2.24) is 5.32 Å². The fourth-order valence-electron chi connectivity index (χ4n) is 1.94. The van der Waals surface area contributed by atoms with Crippen LogP contribution >= 0.6 is 0 Å². The van der Waals surface area contributed by atoms with Crippen molar-refractivity contribution in [2.24, 2.45) is 5.92 Å². The number of hydrogen-bond donors (Lipinski definition) is 2. The topological polar surface area (TPSA) is 67.8 Å². The smallest absolute Gasteiger partial charge is 0.320 e. The summed E-state index contributed by atoms with van der Waals surface area (Å²) in [5.41, 5.74) is 0. The van der Waals surface area contributed by atoms with E-state index in [1.165, 1.54) is 0 Å². The maximum Gasteiger partial charge on any atom is 0.320 e. The van der Waals surface area contributed by atoms with Crippen LogP contribution in [0.15, 0.2) is 24.3 Å². The molecule has 0 spiro atoms. The monoisotopic (exact) mass is 295 g/mol. The number of carboxylic acids is 1. The first-order chi connectivity index (χ1) is 10.0. The molecule has 0 saturated heterocycles. The van der Waals surface area contributed by atoms with Crippen molar-refractivity contribution in [3.05, 3.63) is 24.3 Å². The molecule has 21 heavy (non-hydrogen) atoms. The molecule has 118 valence electrons. The van der Waals surface area contributed by atoms with Crippen LogP contribution in [0.2, 0.25) is 0 Å². The van der Waals surface area contributed by atoms with Gasteiger partial charge in [0, 0.05) is 6.54 Å². The maximum absolute atomic E-state index is 11.1. The molecule has 0 saturated carbocycles. The lowest BCUT2D eigenvalue weighted by Crippen LogP contribution is -2.39. The quantitative estimate of drug-likeness (QED) is 0.649. The van der Waals surface area contributed by atoms with Crippen LogP contribution in [0, 0.1) is 5.92 Å². The van der Waals surface area contributed by atoms with Gasteiger partial charge in [0.1, 0.15) is 24.1 Å². The highest BCUT2D eigenvalue weighted by molar-refractivity contribution is 5.73. The van der Waals surface area contributed by atoms with Crippen LogP contribution in [0.4, 0.5) is 0 Å². The SMILES string of the molecule is CCOc1ccc(OCCNC(CC(C)C)C(=O)O)cc1. The fourth-order valence-corrected chi connectivity index (χ4v) is 1.94. The van der Waals surface area contributed by atoms with Crippen LogP contribution in [-0.4, -0.2) is 36.9 Å². The highest BCUT2D eigenvalue weighted by atomic mass is 16.5. The number of aliphatic carboxylic acids is 1. The molecule has 0 bridgehead atoms. The Hall–Kier alpha value is -1.75. The van der Waals surface area contributed by atoms with E-state index >= 15 is 0 Å². The molecule has 1 rings (SSSR count). The highest BCUT2D eigenvalue weighted by Gasteiger charge is 2.17. The molecule has 1 aromatic carbocycles. The Morgan fingerprint density at radius 1 is 1.19 bits per heavy atom. The van der Waals surface area contributed by atoms with Crippen molar-refractivity contribution in [3.63, 3.8) is 0 Å². The van der Waals surface area contributed by atoms with Gasteiger partial charge >= 0.3 is 5.97 Å². The van der Waals surface area contributed by atoms with Crippen LogP contribution < -0.4 is 14.8 Å². The highest BCUT2D eigenvalue weighted by Crippen LogP contribution is 2.17. The molecule has 0 fully saturated rings. The molecule has 0 aliphatic rings. The minimum Gasteiger partial charge on any atom is -0.494 e. The first-order valence-electron chi connectivity index (χ1n) is 7.34. The molecule has 2 N–H and O–H groups in total. The Kier molecular flexibility index (Phi) is 7.61. The van der Waals surface area contributed by atoms with Gasteiger partial charge in [0.15, 0.2) is 0 Å². The summed E-state index contributed by atoms with van der Waals surface area (Å²) in [5.74, 6) is 1.08. The van der Waals surface area contributed by atoms with Gasteiger partial charge in [0.25, 0.3) is 0 Å². The molecule has 0 heterocycles. The van der Waals surface area contributed by atoms with Crippen molar-refractivity contribution in [3.8, 4) is 11.5 Å². The van der Waals surface area contributed by atoms with E-state index < -0.39 is 12.0 Å². The number of benzene rings is 1. The number of rotatable bonds is 10. The third-order valence-corrected chi connectivity index (χ3v) is 2.90. The Labute approximate surface area is 126 Å². The Bertz CT molecular complexity index is 417. The van der Waals surface area contributed by atoms with Crippen LogP contribution in [0.25, 0.3) is 0 Å². The molecule has 0 amide bonds. The predicted octanol–water partition coefficient (Wildman–Crippen LogP) is 2.55. The van der Waals surface area contributed by atoms with E-state index in [4.69, 9.17) is 14.6 Å². The second-order valence-corrected chi connectivity index (χ2v) is 5.23. The number of ether oxygens (including phenoxy) is 2. The number of carbonyl (C=O) groups is 1. The summed E-state index contributed by atoms with van der Waals surface area (Å²) < 4.78 is 10.9. The minimum atomic E-state index is -0.815. The zero-order valence-electron chi connectivity index (χ0n) is 13.0. The van der Waals surface area contributed by atoms with E-state index in [2.05, 4.69) is 5.32 Å². The van der Waals surface area contributed by atoms with Gasteiger partial charge in [-0.2, -0.15) is 0 Å². The molecule has 1 aromatic rings. The third kappa shape index (κ3) is 6.99. The normalized spacial score (nSPS) is 12.2. The summed E-state index contributed by atoms with van der Waals surface area (Å²) >= 11 is 0. The zero-order valence-corrected chi connectivity index (χ0v) is 13.0. The molecule has 5 heteroatoms. The molecular weight excluding hydrogens is 270 g/mol. The summed E-state index contributed by atoms with van der Waals surface area (Å²) in [5, 5.41) is 12.1. The van der Waals surface area contributed by atoms with Gasteiger partial charge < -0.3 is 19.9 Å². The van der Waals surface area contributed by atoms with Crippen LogP contribution in [-0.2, 0) is 4.79 Å². The second kappa shape index (κ2) is 9.23. The summed E-state index contributed by atoms with van der Waals surface area (Å²) in [6.45, 7) is 7.51. The van der Waals surface area contributed by atoms with E-state index in [1.807, 2.05) is 45.0 Å². The Balaban J connectivity index is 2.30. The summed E-state index contributed by atoms with van der Waals surface area (Å²) in [6.07, 6.45) is 0.610. The first kappa shape index (κ1) is 17.3. The number of hydrogen-bond acceptors (Lipinski definition) is 4. The number of nitrogens with one attached hydrogen (secondary N) is 1. The number of carboxylic acid groups (broad SMARTS) is 1. The van der Waals surface area contributed by atoms with Crippen LogP contribution in [0.1, 0.15) is 27.2 Å². The van der Waals surface area contributed by atoms with Gasteiger partial charge in [-0.25, -0.2) is 0 Å². The standard InChI is InChI=1S/C16H25NO4/c1-4-20-13-5-7-14(8-6-13)21-10-9-17-15(16(18)19)11-12(2)3/h5-8,12,15,17H,4,9-11H2,1-3H3,(H,18,19). The van der Waals surface area contributed by atoms with Gasteiger partial charge in [-0.1, -0.05) is 13.8 Å². The summed E-state index contributed by atoms with van der Waals surface area (Å²) in [4.78, 5) is 11.1. The molecule has 0 aliphatic carbocycles. The van der Waals surface area contributed by atoms with Gasteiger partial charge in [-0.15, -0.1) is 0 Å². The average molecular weight is 295 g/mol. The van der Waals surface area contributed by atoms with Crippen LogP contribution in [0.3, 0.4) is 0 Å².